The molecule has 0 aromatic heterocycles. The molecule has 0 spiro atoms. The topological polar surface area (TPSA) is 67.6 Å². The normalized spacial score (nSPS) is 19.0. The van der Waals surface area contributed by atoms with Crippen molar-refractivity contribution in [2.75, 3.05) is 39.4 Å². The summed E-state index contributed by atoms with van der Waals surface area (Å²) in [5.41, 5.74) is 6.40. The summed E-state index contributed by atoms with van der Waals surface area (Å²) in [5, 5.41) is 3.46. The van der Waals surface area contributed by atoms with Gasteiger partial charge in [0.2, 0.25) is 5.91 Å². The van der Waals surface area contributed by atoms with Crippen LogP contribution in [0.5, 0.6) is 0 Å². The average molecular weight is 291 g/mol. The number of ether oxygens (including phenoxy) is 1. The van der Waals surface area contributed by atoms with E-state index in [9.17, 15) is 4.79 Å². The van der Waals surface area contributed by atoms with E-state index in [-0.39, 0.29) is 6.61 Å². The molecule has 1 aliphatic heterocycles. The molecule has 2 rings (SSSR count). The first kappa shape index (κ1) is 15.9. The maximum Gasteiger partial charge on any atom is 0.243 e. The molecule has 116 valence electrons. The number of carbonyl (C=O) groups is 1. The number of hydrogen-bond donors (Lipinski definition) is 2. The van der Waals surface area contributed by atoms with Crippen LogP contribution in [0.1, 0.15) is 12.0 Å². The number of benzene rings is 1. The smallest absolute Gasteiger partial charge is 0.243 e. The molecule has 5 heteroatoms. The van der Waals surface area contributed by atoms with Crippen LogP contribution < -0.4 is 11.1 Å². The van der Waals surface area contributed by atoms with E-state index >= 15 is 0 Å². The molecule has 0 saturated carbocycles. The number of primary amides is 1. The third-order valence-corrected chi connectivity index (χ3v) is 3.76. The fraction of sp³-hybridized carbons (Fsp3) is 0.562. The van der Waals surface area contributed by atoms with Crippen molar-refractivity contribution >= 4 is 5.91 Å². The zero-order valence-corrected chi connectivity index (χ0v) is 12.5. The molecule has 1 amide bonds. The molecule has 1 fully saturated rings. The number of hydrogen-bond acceptors (Lipinski definition) is 4. The Kier molecular flexibility index (Phi) is 6.66. The number of nitrogens with two attached hydrogens (primary N) is 1. The lowest BCUT2D eigenvalue weighted by Crippen LogP contribution is -2.35. The molecule has 1 aromatic carbocycles. The van der Waals surface area contributed by atoms with E-state index in [2.05, 4.69) is 40.5 Å². The van der Waals surface area contributed by atoms with E-state index in [0.29, 0.717) is 12.6 Å². The summed E-state index contributed by atoms with van der Waals surface area (Å²) in [5.74, 6) is -0.414. The van der Waals surface area contributed by atoms with Crippen LogP contribution in [0.15, 0.2) is 30.3 Å². The highest BCUT2D eigenvalue weighted by atomic mass is 16.5. The SMILES string of the molecule is NC(=O)COCCNC1CCN(CCc2ccccc2)C1. The molecule has 0 bridgehead atoms. The second kappa shape index (κ2) is 8.77. The summed E-state index contributed by atoms with van der Waals surface area (Å²) < 4.78 is 5.14. The van der Waals surface area contributed by atoms with Crippen LogP contribution in [0.4, 0.5) is 0 Å². The molecule has 1 unspecified atom stereocenters. The van der Waals surface area contributed by atoms with Gasteiger partial charge in [-0.3, -0.25) is 4.79 Å². The van der Waals surface area contributed by atoms with E-state index < -0.39 is 5.91 Å². The number of nitrogens with one attached hydrogen (secondary N) is 1. The van der Waals surface area contributed by atoms with Crippen LogP contribution in [-0.4, -0.2) is 56.2 Å². The van der Waals surface area contributed by atoms with E-state index in [1.807, 2.05) is 0 Å². The molecule has 1 aliphatic rings. The molecular weight excluding hydrogens is 266 g/mol. The number of amides is 1. The highest BCUT2D eigenvalue weighted by molar-refractivity contribution is 5.74. The van der Waals surface area contributed by atoms with Gasteiger partial charge in [0, 0.05) is 25.7 Å². The lowest BCUT2D eigenvalue weighted by Gasteiger charge is -2.16. The summed E-state index contributed by atoms with van der Waals surface area (Å²) in [6.07, 6.45) is 2.28. The minimum Gasteiger partial charge on any atom is -0.370 e. The first-order valence-electron chi connectivity index (χ1n) is 7.60. The molecule has 1 saturated heterocycles. The van der Waals surface area contributed by atoms with Gasteiger partial charge in [-0.05, 0) is 24.9 Å². The Morgan fingerprint density at radius 3 is 2.95 bits per heavy atom. The van der Waals surface area contributed by atoms with Gasteiger partial charge >= 0.3 is 0 Å². The van der Waals surface area contributed by atoms with E-state index in [4.69, 9.17) is 10.5 Å². The summed E-state index contributed by atoms with van der Waals surface area (Å²) in [7, 11) is 0. The molecule has 0 aliphatic carbocycles. The van der Waals surface area contributed by atoms with Crippen LogP contribution in [0.3, 0.4) is 0 Å². The van der Waals surface area contributed by atoms with Crippen LogP contribution in [0.2, 0.25) is 0 Å². The number of nitrogens with zero attached hydrogens (tertiary/aromatic N) is 1. The maximum atomic E-state index is 10.5. The van der Waals surface area contributed by atoms with Gasteiger partial charge in [0.15, 0.2) is 0 Å². The van der Waals surface area contributed by atoms with Gasteiger partial charge in [0.05, 0.1) is 6.61 Å². The largest absolute Gasteiger partial charge is 0.370 e. The molecule has 3 N–H and O–H groups in total. The highest BCUT2D eigenvalue weighted by Gasteiger charge is 2.21. The Morgan fingerprint density at radius 2 is 2.19 bits per heavy atom. The zero-order chi connectivity index (χ0) is 14.9. The first-order chi connectivity index (χ1) is 10.2. The monoisotopic (exact) mass is 291 g/mol. The minimum absolute atomic E-state index is 0.00947. The summed E-state index contributed by atoms with van der Waals surface area (Å²) in [6, 6.07) is 11.1. The first-order valence-corrected chi connectivity index (χ1v) is 7.60. The predicted molar refractivity (Wildman–Crippen MR) is 83.0 cm³/mol. The summed E-state index contributed by atoms with van der Waals surface area (Å²) in [4.78, 5) is 13.0. The summed E-state index contributed by atoms with van der Waals surface area (Å²) >= 11 is 0. The van der Waals surface area contributed by atoms with Gasteiger partial charge in [-0.25, -0.2) is 0 Å². The molecule has 5 nitrogen and oxygen atoms in total. The Morgan fingerprint density at radius 1 is 1.38 bits per heavy atom. The summed E-state index contributed by atoms with van der Waals surface area (Å²) in [6.45, 7) is 4.65. The molecule has 1 atom stereocenters. The molecule has 0 radical (unpaired) electrons. The van der Waals surface area contributed by atoms with Crippen LogP contribution in [0, 0.1) is 0 Å². The van der Waals surface area contributed by atoms with Crippen molar-refractivity contribution < 1.29 is 9.53 Å². The molecule has 21 heavy (non-hydrogen) atoms. The highest BCUT2D eigenvalue weighted by Crippen LogP contribution is 2.10. The lowest BCUT2D eigenvalue weighted by atomic mass is 10.1. The van der Waals surface area contributed by atoms with Gasteiger partial charge in [-0.15, -0.1) is 0 Å². The molecule has 1 aromatic rings. The van der Waals surface area contributed by atoms with Gasteiger partial charge in [0.1, 0.15) is 6.61 Å². The predicted octanol–water partition coefficient (Wildman–Crippen LogP) is 0.395. The minimum atomic E-state index is -0.414. The Bertz CT molecular complexity index is 425. The van der Waals surface area contributed by atoms with E-state index in [1.165, 1.54) is 12.0 Å². The Hall–Kier alpha value is -1.43. The van der Waals surface area contributed by atoms with Crippen LogP contribution in [0.25, 0.3) is 0 Å². The van der Waals surface area contributed by atoms with E-state index in [1.54, 1.807) is 0 Å². The molecular formula is C16H25N3O2. The van der Waals surface area contributed by atoms with Gasteiger partial charge in [0.25, 0.3) is 0 Å². The fourth-order valence-corrected chi connectivity index (χ4v) is 2.64. The van der Waals surface area contributed by atoms with Gasteiger partial charge < -0.3 is 20.7 Å². The van der Waals surface area contributed by atoms with Crippen LogP contribution >= 0.6 is 0 Å². The van der Waals surface area contributed by atoms with Gasteiger partial charge in [-0.1, -0.05) is 30.3 Å². The zero-order valence-electron chi connectivity index (χ0n) is 12.5. The standard InChI is InChI=1S/C16H25N3O2/c17-16(20)13-21-11-8-18-15-7-10-19(12-15)9-6-14-4-2-1-3-5-14/h1-5,15,18H,6-13H2,(H2,17,20). The van der Waals surface area contributed by atoms with Gasteiger partial charge in [-0.2, -0.15) is 0 Å². The third kappa shape index (κ3) is 6.25. The molecule has 1 heterocycles. The van der Waals surface area contributed by atoms with Crippen molar-refractivity contribution in [3.8, 4) is 0 Å². The quantitative estimate of drug-likeness (QED) is 0.646. The Labute approximate surface area is 126 Å². The van der Waals surface area contributed by atoms with E-state index in [0.717, 1.165) is 32.6 Å². The average Bonchev–Trinajstić information content (AvgIpc) is 2.93. The van der Waals surface area contributed by atoms with Crippen molar-refractivity contribution in [3.63, 3.8) is 0 Å². The number of carbonyl (C=O) groups excluding carboxylic acids is 1. The van der Waals surface area contributed by atoms with Crippen molar-refractivity contribution in [1.82, 2.24) is 10.2 Å². The second-order valence-corrected chi connectivity index (χ2v) is 5.49. The van der Waals surface area contributed by atoms with Crippen molar-refractivity contribution in [2.24, 2.45) is 5.73 Å². The van der Waals surface area contributed by atoms with Crippen molar-refractivity contribution in [1.29, 1.82) is 0 Å². The maximum absolute atomic E-state index is 10.5. The third-order valence-electron chi connectivity index (χ3n) is 3.76. The number of rotatable bonds is 9. The fourth-order valence-electron chi connectivity index (χ4n) is 2.64. The second-order valence-electron chi connectivity index (χ2n) is 5.49. The lowest BCUT2D eigenvalue weighted by molar-refractivity contribution is -0.122. The number of likely N-dealkylation sites (tertiary alicyclic amines) is 1. The van der Waals surface area contributed by atoms with Crippen LogP contribution in [-0.2, 0) is 16.0 Å². The Balaban J connectivity index is 1.55. The van der Waals surface area contributed by atoms with Crippen molar-refractivity contribution in [3.05, 3.63) is 35.9 Å². The van der Waals surface area contributed by atoms with Crippen molar-refractivity contribution in [2.45, 2.75) is 18.9 Å².